The summed E-state index contributed by atoms with van der Waals surface area (Å²) in [5.41, 5.74) is 10.8. The first-order valence-corrected chi connectivity index (χ1v) is 27.0. The number of hydrogen-bond acceptors (Lipinski definition) is 21. The number of imidazole rings is 1. The highest BCUT2D eigenvalue weighted by Gasteiger charge is 2.54. The van der Waals surface area contributed by atoms with Gasteiger partial charge in [0.25, 0.3) is 5.91 Å². The lowest BCUT2D eigenvalue weighted by Crippen LogP contribution is -2.71. The first kappa shape index (κ1) is 56.0. The Hall–Kier alpha value is -4.29. The Morgan fingerprint density at radius 1 is 1.01 bits per heavy atom. The zero-order chi connectivity index (χ0) is 52.2. The number of benzene rings is 1. The molecule has 0 radical (unpaired) electrons. The molecule has 2 saturated heterocycles. The fourth-order valence-corrected chi connectivity index (χ4v) is 11.3. The smallest absolute Gasteiger partial charge is 0.386 e. The van der Waals surface area contributed by atoms with Gasteiger partial charge in [0, 0.05) is 35.7 Å². The number of aliphatic hydroxyl groups excluding tert-OH is 2. The van der Waals surface area contributed by atoms with E-state index >= 15 is 0 Å². The van der Waals surface area contributed by atoms with Gasteiger partial charge in [-0.15, -0.1) is 0 Å². The maximum Gasteiger partial charge on any atom is 0.481 e. The van der Waals surface area contributed by atoms with E-state index in [0.29, 0.717) is 12.0 Å². The predicted octanol–water partition coefficient (Wildman–Crippen LogP) is -0.695. The van der Waals surface area contributed by atoms with Crippen molar-refractivity contribution < 1.29 is 90.1 Å². The van der Waals surface area contributed by atoms with Crippen LogP contribution in [0.1, 0.15) is 50.9 Å². The highest BCUT2D eigenvalue weighted by Crippen LogP contribution is 2.61. The molecule has 10 unspecified atom stereocenters. The van der Waals surface area contributed by atoms with Crippen LogP contribution in [0.3, 0.4) is 0 Å². The summed E-state index contributed by atoms with van der Waals surface area (Å²) in [4.78, 5) is 117. The van der Waals surface area contributed by atoms with Crippen LogP contribution in [0, 0.1) is 5.41 Å². The molecule has 390 valence electrons. The summed E-state index contributed by atoms with van der Waals surface area (Å²) in [5.74, 6) is -2.66. The van der Waals surface area contributed by atoms with Gasteiger partial charge in [-0.05, 0) is 18.4 Å². The van der Waals surface area contributed by atoms with Crippen molar-refractivity contribution in [3.8, 4) is 0 Å². The molecule has 29 nitrogen and oxygen atoms in total. The molecule has 4 amide bonds. The van der Waals surface area contributed by atoms with Crippen molar-refractivity contribution in [1.29, 1.82) is 0 Å². The summed E-state index contributed by atoms with van der Waals surface area (Å²) >= 11 is 7.18. The summed E-state index contributed by atoms with van der Waals surface area (Å²) in [5, 5.41) is 28.8. The van der Waals surface area contributed by atoms with Crippen LogP contribution < -0.4 is 27.4 Å². The minimum Gasteiger partial charge on any atom is -0.386 e. The molecule has 2 aromatic heterocycles. The summed E-state index contributed by atoms with van der Waals surface area (Å²) in [6, 6.07) is 6.19. The molecular formula is C37H50ClN10O19P3S. The van der Waals surface area contributed by atoms with E-state index in [-0.39, 0.29) is 59.4 Å². The van der Waals surface area contributed by atoms with Crippen molar-refractivity contribution in [2.45, 2.75) is 81.9 Å². The molecule has 5 heterocycles. The second-order valence-electron chi connectivity index (χ2n) is 16.6. The van der Waals surface area contributed by atoms with Crippen LogP contribution in [0.25, 0.3) is 11.2 Å². The number of nitrogens with two attached hydrogens (primary N) is 2. The number of anilines is 1. The molecule has 13 N–H and O–H groups in total. The summed E-state index contributed by atoms with van der Waals surface area (Å²) < 4.78 is 62.5. The quantitative estimate of drug-likeness (QED) is 0.0318. The van der Waals surface area contributed by atoms with E-state index in [2.05, 4.69) is 39.7 Å². The molecule has 3 aliphatic heterocycles. The van der Waals surface area contributed by atoms with E-state index in [1.165, 1.54) is 18.7 Å². The maximum atomic E-state index is 13.2. The monoisotopic (exact) mass is 1100 g/mol. The lowest BCUT2D eigenvalue weighted by atomic mass is 9.86. The maximum absolute atomic E-state index is 13.2. The first-order chi connectivity index (χ1) is 33.2. The Balaban J connectivity index is 0.896. The third kappa shape index (κ3) is 13.9. The second kappa shape index (κ2) is 22.9. The van der Waals surface area contributed by atoms with Crippen molar-refractivity contribution >= 4 is 92.6 Å². The lowest BCUT2D eigenvalue weighted by molar-refractivity contribution is -0.152. The minimum atomic E-state index is -5.62. The van der Waals surface area contributed by atoms with Crippen molar-refractivity contribution in [2.75, 3.05) is 37.8 Å². The minimum absolute atomic E-state index is 0.00544. The van der Waals surface area contributed by atoms with Crippen LogP contribution in [0.5, 0.6) is 0 Å². The molecule has 10 atom stereocenters. The SMILES string of the molecule is CC(C)(COP(=O)(O)OP(=O)(O)OCC1OC(n2cnc3c(N)ncnc32)C(O)C1OP(=O)(O)O)C(O)C(=O)NCCC(=O)NCCSC(=O)C1=C(Cl)CCC2C(NC(=O)C(N)c3ccccc3)C(=O)N12. The van der Waals surface area contributed by atoms with E-state index in [0.717, 1.165) is 29.0 Å². The molecule has 0 saturated carbocycles. The van der Waals surface area contributed by atoms with Gasteiger partial charge in [0.2, 0.25) is 22.8 Å². The number of halogens is 1. The van der Waals surface area contributed by atoms with Gasteiger partial charge in [-0.3, -0.25) is 47.0 Å². The molecule has 0 aliphatic carbocycles. The fourth-order valence-electron chi connectivity index (χ4n) is 7.40. The van der Waals surface area contributed by atoms with Crippen LogP contribution >= 0.6 is 46.8 Å². The number of phosphoric acid groups is 3. The Labute approximate surface area is 411 Å². The van der Waals surface area contributed by atoms with Gasteiger partial charge < -0.3 is 61.9 Å². The summed E-state index contributed by atoms with van der Waals surface area (Å²) in [6.45, 7) is 0.0306. The molecule has 2 fully saturated rings. The summed E-state index contributed by atoms with van der Waals surface area (Å²) in [7, 11) is -16.5. The molecule has 3 aliphatic rings. The number of carbonyl (C=O) groups excluding carboxylic acids is 5. The number of ether oxygens (including phenoxy) is 1. The normalized spacial score (nSPS) is 24.0. The largest absolute Gasteiger partial charge is 0.481 e. The number of rotatable bonds is 23. The average Bonchev–Trinajstić information content (AvgIpc) is 3.87. The predicted molar refractivity (Wildman–Crippen MR) is 245 cm³/mol. The highest BCUT2D eigenvalue weighted by atomic mass is 35.5. The number of carbonyl (C=O) groups is 5. The Morgan fingerprint density at radius 3 is 2.39 bits per heavy atom. The van der Waals surface area contributed by atoms with Crippen LogP contribution in [0.2, 0.25) is 0 Å². The number of fused-ring (bicyclic) bond motifs is 2. The number of aliphatic hydroxyl groups is 2. The van der Waals surface area contributed by atoms with Crippen LogP contribution in [0.15, 0.2) is 53.7 Å². The Kier molecular flexibility index (Phi) is 18.0. The molecule has 34 heteroatoms. The van der Waals surface area contributed by atoms with Crippen LogP contribution in [-0.2, 0) is 60.3 Å². The zero-order valence-corrected chi connectivity index (χ0v) is 41.6. The number of phosphoric ester groups is 3. The van der Waals surface area contributed by atoms with Gasteiger partial charge in [0.1, 0.15) is 54.0 Å². The molecule has 0 bridgehead atoms. The van der Waals surface area contributed by atoms with Gasteiger partial charge in [-0.25, -0.2) is 28.6 Å². The van der Waals surface area contributed by atoms with Crippen molar-refractivity contribution in [1.82, 2.24) is 40.4 Å². The Morgan fingerprint density at radius 2 is 1.70 bits per heavy atom. The van der Waals surface area contributed by atoms with Gasteiger partial charge in [-0.1, -0.05) is 67.5 Å². The van der Waals surface area contributed by atoms with E-state index in [1.54, 1.807) is 30.3 Å². The molecule has 3 aromatic rings. The van der Waals surface area contributed by atoms with Crippen LogP contribution in [-0.4, -0.2) is 152 Å². The molecule has 6 rings (SSSR count). The number of nitrogen functional groups attached to an aromatic ring is 1. The fraction of sp³-hybridized carbons (Fsp3) is 0.514. The van der Waals surface area contributed by atoms with Crippen molar-refractivity contribution in [3.63, 3.8) is 0 Å². The van der Waals surface area contributed by atoms with E-state index < -0.39 is 120 Å². The Bertz CT molecular complexity index is 2680. The first-order valence-electron chi connectivity index (χ1n) is 21.1. The van der Waals surface area contributed by atoms with Gasteiger partial charge in [-0.2, -0.15) is 4.31 Å². The molecular weight excluding hydrogens is 1050 g/mol. The average molecular weight is 1100 g/mol. The standard InChI is InChI=1S/C37H50ClN10O19P3S/c1-37(2,15-64-70(61,62)67-69(59,60)63-14-21-28(66-68(56,57)58)27(50)35(65-21)47-17-45-25-30(40)43-16-44-31(25)47)29(51)33(53)42-11-10-22(49)41-12-13-71-36(55)26-19(38)8-9-20-24(34(54)48(20)26)46-32(52)23(39)18-6-4-3-5-7-18/h3-7,16-17,20-21,23-24,27-29,35,50-51H,8-15,39H2,1-2H3,(H,41,49)(H,42,53)(H,46,52)(H,59,60)(H,61,62)(H2,40,43,44)(H2,56,57,58). The van der Waals surface area contributed by atoms with Crippen molar-refractivity contribution in [3.05, 3.63) is 59.3 Å². The van der Waals surface area contributed by atoms with E-state index in [4.69, 9.17) is 36.9 Å². The molecule has 0 spiro atoms. The van der Waals surface area contributed by atoms with Gasteiger partial charge >= 0.3 is 23.5 Å². The third-order valence-electron chi connectivity index (χ3n) is 11.0. The number of nitrogens with one attached hydrogen (secondary N) is 3. The van der Waals surface area contributed by atoms with Gasteiger partial charge in [0.15, 0.2) is 17.7 Å². The second-order valence-corrected chi connectivity index (χ2v) is 22.4. The zero-order valence-electron chi connectivity index (χ0n) is 37.3. The van der Waals surface area contributed by atoms with E-state index in [9.17, 15) is 67.5 Å². The van der Waals surface area contributed by atoms with E-state index in [1.807, 2.05) is 0 Å². The number of aromatic nitrogens is 4. The number of allylic oxidation sites excluding steroid dienone is 1. The third-order valence-corrected chi connectivity index (χ3v) is 15.4. The topological polar surface area (TPSA) is 439 Å². The molecule has 71 heavy (non-hydrogen) atoms. The summed E-state index contributed by atoms with van der Waals surface area (Å²) in [6.07, 6.45) is -6.56. The number of amides is 4. The van der Waals surface area contributed by atoms with Crippen molar-refractivity contribution in [2.24, 2.45) is 11.1 Å². The number of nitrogens with zero attached hydrogens (tertiary/aromatic N) is 5. The number of β-lactam (4-membered cyclic amide) rings is 1. The highest BCUT2D eigenvalue weighted by molar-refractivity contribution is 8.14. The van der Waals surface area contributed by atoms with Crippen LogP contribution in [0.4, 0.5) is 5.82 Å². The number of hydrogen-bond donors (Lipinski definition) is 11. The lowest BCUT2D eigenvalue weighted by Gasteiger charge is -2.50. The number of thioether (sulfide) groups is 1. The molecule has 1 aromatic carbocycles. The van der Waals surface area contributed by atoms with Gasteiger partial charge in [0.05, 0.1) is 25.6 Å².